The van der Waals surface area contributed by atoms with Gasteiger partial charge in [0.25, 0.3) is 5.92 Å². The number of carbonyl (C=O) groups is 1. The van der Waals surface area contributed by atoms with Gasteiger partial charge >= 0.3 is 5.97 Å². The molecule has 2 aliphatic rings. The molecule has 7 heteroatoms. The number of hydrogen-bond acceptors (Lipinski definition) is 4. The predicted octanol–water partition coefficient (Wildman–Crippen LogP) is 6.03. The van der Waals surface area contributed by atoms with Gasteiger partial charge < -0.3 is 19.7 Å². The molecule has 0 radical (unpaired) electrons. The van der Waals surface area contributed by atoms with Crippen molar-refractivity contribution in [1.82, 2.24) is 0 Å². The summed E-state index contributed by atoms with van der Waals surface area (Å²) < 4.78 is 41.7. The van der Waals surface area contributed by atoms with E-state index in [9.17, 15) is 9.90 Å². The van der Waals surface area contributed by atoms with Crippen molar-refractivity contribution < 1.29 is 33.3 Å². The predicted molar refractivity (Wildman–Crippen MR) is 124 cm³/mol. The zero-order valence-corrected chi connectivity index (χ0v) is 19.8. The number of carboxylic acid groups (broad SMARTS) is 1. The fourth-order valence-electron chi connectivity index (χ4n) is 4.50. The van der Waals surface area contributed by atoms with Crippen molar-refractivity contribution in [3.05, 3.63) is 36.5 Å². The normalized spacial score (nSPS) is 27.6. The van der Waals surface area contributed by atoms with Crippen molar-refractivity contribution in [1.29, 1.82) is 0 Å². The lowest BCUT2D eigenvalue weighted by Gasteiger charge is -2.31. The minimum Gasteiger partial charge on any atom is -0.481 e. The van der Waals surface area contributed by atoms with Gasteiger partial charge in [0.1, 0.15) is 6.10 Å². The standard InChI is InChI=1S/C26H40F2O5/c1-3-4-12-23(33-25-14-9-10-17-32-25)26(27,28)16-15-20-19(2)18-22(29)21(20)11-7-5-6-8-13-24(30)31/h5,7,15-16,20-23,25,29H,2-4,6,8-14,17-18H2,1H3,(H,30,31)/b7-5-,16-15+/t20-,21+,22-,23?,25?/m0/s1. The Balaban J connectivity index is 2.01. The van der Waals surface area contributed by atoms with Gasteiger partial charge in [-0.3, -0.25) is 4.79 Å². The van der Waals surface area contributed by atoms with E-state index < -0.39 is 30.4 Å². The minimum atomic E-state index is -3.15. The third-order valence-corrected chi connectivity index (χ3v) is 6.46. The highest BCUT2D eigenvalue weighted by Gasteiger charge is 2.41. The van der Waals surface area contributed by atoms with E-state index in [1.165, 1.54) is 6.08 Å². The molecule has 2 unspecified atom stereocenters. The lowest BCUT2D eigenvalue weighted by molar-refractivity contribution is -0.229. The van der Waals surface area contributed by atoms with Crippen LogP contribution in [0, 0.1) is 11.8 Å². The van der Waals surface area contributed by atoms with Crippen LogP contribution < -0.4 is 0 Å². The van der Waals surface area contributed by atoms with E-state index in [1.807, 2.05) is 19.1 Å². The van der Waals surface area contributed by atoms with E-state index in [1.54, 1.807) is 0 Å². The summed E-state index contributed by atoms with van der Waals surface area (Å²) >= 11 is 0. The summed E-state index contributed by atoms with van der Waals surface area (Å²) in [5.41, 5.74) is 0.750. The molecule has 1 saturated heterocycles. The molecule has 0 bridgehead atoms. The Morgan fingerprint density at radius 1 is 1.33 bits per heavy atom. The average molecular weight is 471 g/mol. The number of aliphatic hydroxyl groups is 1. The summed E-state index contributed by atoms with van der Waals surface area (Å²) in [5, 5.41) is 19.1. The Kier molecular flexibility index (Phi) is 11.7. The quantitative estimate of drug-likeness (QED) is 0.239. The van der Waals surface area contributed by atoms with Gasteiger partial charge in [0.05, 0.1) is 6.10 Å². The number of aliphatic hydroxyl groups excluding tert-OH is 1. The van der Waals surface area contributed by atoms with Crippen LogP contribution in [0.5, 0.6) is 0 Å². The Hall–Kier alpha value is -1.57. The Bertz CT molecular complexity index is 670. The smallest absolute Gasteiger partial charge is 0.303 e. The molecule has 2 N–H and O–H groups in total. The van der Waals surface area contributed by atoms with Crippen molar-refractivity contribution >= 4 is 5.97 Å². The van der Waals surface area contributed by atoms with Gasteiger partial charge in [-0.05, 0) is 63.4 Å². The van der Waals surface area contributed by atoms with Gasteiger partial charge in [0.2, 0.25) is 0 Å². The zero-order chi connectivity index (χ0) is 24.3. The van der Waals surface area contributed by atoms with Crippen LogP contribution in [0.3, 0.4) is 0 Å². The van der Waals surface area contributed by atoms with Crippen LogP contribution in [0.25, 0.3) is 0 Å². The number of ether oxygens (including phenoxy) is 2. The minimum absolute atomic E-state index is 0.112. The number of hydrogen-bond donors (Lipinski definition) is 2. The molecule has 0 aromatic rings. The fourth-order valence-corrected chi connectivity index (χ4v) is 4.50. The Morgan fingerprint density at radius 2 is 2.12 bits per heavy atom. The van der Waals surface area contributed by atoms with E-state index in [-0.39, 0.29) is 24.7 Å². The molecule has 0 aromatic heterocycles. The molecule has 0 amide bonds. The SMILES string of the molecule is C=C1C[C@H](O)[C@H](C/C=C\CCCC(=O)O)[C@H]1/C=C/C(F)(F)C(CCCC)OC1CCCCO1. The van der Waals surface area contributed by atoms with Crippen molar-refractivity contribution in [2.75, 3.05) is 6.61 Å². The second-order valence-electron chi connectivity index (χ2n) is 9.21. The summed E-state index contributed by atoms with van der Waals surface area (Å²) in [5.74, 6) is -4.54. The van der Waals surface area contributed by atoms with Gasteiger partial charge in [-0.1, -0.05) is 50.1 Å². The molecule has 5 atom stereocenters. The first-order chi connectivity index (χ1) is 15.7. The van der Waals surface area contributed by atoms with Gasteiger partial charge in [0, 0.05) is 18.9 Å². The third kappa shape index (κ3) is 9.30. The molecule has 188 valence electrons. The van der Waals surface area contributed by atoms with E-state index in [4.69, 9.17) is 14.6 Å². The van der Waals surface area contributed by atoms with Gasteiger partial charge in [-0.2, -0.15) is 8.78 Å². The topological polar surface area (TPSA) is 76.0 Å². The second-order valence-corrected chi connectivity index (χ2v) is 9.21. The number of aliphatic carboxylic acids is 1. The highest BCUT2D eigenvalue weighted by molar-refractivity contribution is 5.66. The number of halogens is 2. The van der Waals surface area contributed by atoms with Crippen molar-refractivity contribution in [2.45, 2.75) is 102 Å². The largest absolute Gasteiger partial charge is 0.481 e. The molecule has 1 aliphatic heterocycles. The summed E-state index contributed by atoms with van der Waals surface area (Å²) in [6, 6.07) is 0. The van der Waals surface area contributed by atoms with Gasteiger partial charge in [0.15, 0.2) is 6.29 Å². The maximum atomic E-state index is 15.2. The summed E-state index contributed by atoms with van der Waals surface area (Å²) in [6.45, 7) is 6.51. The van der Waals surface area contributed by atoms with Crippen molar-refractivity contribution in [2.24, 2.45) is 11.8 Å². The van der Waals surface area contributed by atoms with Gasteiger partial charge in [-0.25, -0.2) is 0 Å². The van der Waals surface area contributed by atoms with Crippen molar-refractivity contribution in [3.8, 4) is 0 Å². The highest BCUT2D eigenvalue weighted by atomic mass is 19.3. The molecule has 0 spiro atoms. The first-order valence-corrected chi connectivity index (χ1v) is 12.3. The number of alkyl halides is 2. The van der Waals surface area contributed by atoms with Gasteiger partial charge in [-0.15, -0.1) is 0 Å². The summed E-state index contributed by atoms with van der Waals surface area (Å²) in [4.78, 5) is 10.6. The summed E-state index contributed by atoms with van der Waals surface area (Å²) in [6.07, 6.45) is 10.2. The number of rotatable bonds is 14. The zero-order valence-electron chi connectivity index (χ0n) is 19.8. The molecule has 33 heavy (non-hydrogen) atoms. The van der Waals surface area contributed by atoms with Crippen LogP contribution in [0.2, 0.25) is 0 Å². The molecule has 1 heterocycles. The second kappa shape index (κ2) is 14.0. The molecule has 1 aliphatic carbocycles. The fraction of sp³-hybridized carbons (Fsp3) is 0.731. The van der Waals surface area contributed by atoms with E-state index >= 15 is 8.78 Å². The maximum Gasteiger partial charge on any atom is 0.303 e. The maximum absolute atomic E-state index is 15.2. The monoisotopic (exact) mass is 470 g/mol. The average Bonchev–Trinajstić information content (AvgIpc) is 3.04. The molecular formula is C26H40F2O5. The van der Waals surface area contributed by atoms with Crippen LogP contribution in [0.4, 0.5) is 8.78 Å². The Morgan fingerprint density at radius 3 is 2.79 bits per heavy atom. The van der Waals surface area contributed by atoms with Crippen LogP contribution >= 0.6 is 0 Å². The van der Waals surface area contributed by atoms with Crippen LogP contribution in [0.15, 0.2) is 36.5 Å². The third-order valence-electron chi connectivity index (χ3n) is 6.46. The molecule has 0 aromatic carbocycles. The van der Waals surface area contributed by atoms with E-state index in [2.05, 4.69) is 6.58 Å². The molecular weight excluding hydrogens is 430 g/mol. The molecule has 2 rings (SSSR count). The van der Waals surface area contributed by atoms with E-state index in [0.29, 0.717) is 45.1 Å². The van der Waals surface area contributed by atoms with Crippen molar-refractivity contribution in [3.63, 3.8) is 0 Å². The lowest BCUT2D eigenvalue weighted by Crippen LogP contribution is -2.39. The molecule has 5 nitrogen and oxygen atoms in total. The molecule has 1 saturated carbocycles. The van der Waals surface area contributed by atoms with Crippen LogP contribution in [-0.4, -0.2) is 47.2 Å². The summed E-state index contributed by atoms with van der Waals surface area (Å²) in [7, 11) is 0. The number of carboxylic acids is 1. The Labute approximate surface area is 196 Å². The first-order valence-electron chi connectivity index (χ1n) is 12.3. The lowest BCUT2D eigenvalue weighted by atomic mass is 9.88. The van der Waals surface area contributed by atoms with E-state index in [0.717, 1.165) is 30.9 Å². The molecule has 2 fully saturated rings. The number of allylic oxidation sites excluding steroid dienone is 3. The first kappa shape index (κ1) is 27.7. The number of unbranched alkanes of at least 4 members (excludes halogenated alkanes) is 2. The van der Waals surface area contributed by atoms with Crippen LogP contribution in [-0.2, 0) is 14.3 Å². The highest BCUT2D eigenvalue weighted by Crippen LogP contribution is 2.40. The van der Waals surface area contributed by atoms with Crippen LogP contribution in [0.1, 0.15) is 77.6 Å².